The average Bonchev–Trinajstić information content (AvgIpc) is 2.27. The van der Waals surface area contributed by atoms with Crippen LogP contribution in [0.2, 0.25) is 5.02 Å². The second-order valence-corrected chi connectivity index (χ2v) is 4.45. The topological polar surface area (TPSA) is 38.3 Å². The standard InChI is InChI=1S/C12H14ClNO2/c1-8-12(15)14-11(7-16-8)6-9-2-4-10(13)5-3-9/h2-5,8,11H,6-7H2,1H3,(H,14,15)/t8-,11?/m0/s1. The molecule has 0 bridgehead atoms. The van der Waals surface area contributed by atoms with Crippen LogP contribution in [-0.2, 0) is 16.0 Å². The monoisotopic (exact) mass is 239 g/mol. The van der Waals surface area contributed by atoms with Crippen LogP contribution in [0.5, 0.6) is 0 Å². The van der Waals surface area contributed by atoms with Crippen molar-refractivity contribution in [3.05, 3.63) is 34.9 Å². The maximum absolute atomic E-state index is 11.4. The smallest absolute Gasteiger partial charge is 0.249 e. The number of halogens is 1. The van der Waals surface area contributed by atoms with Crippen molar-refractivity contribution in [2.75, 3.05) is 6.61 Å². The maximum atomic E-state index is 11.4. The van der Waals surface area contributed by atoms with Crippen LogP contribution in [0.3, 0.4) is 0 Å². The Balaban J connectivity index is 1.95. The summed E-state index contributed by atoms with van der Waals surface area (Å²) in [7, 11) is 0. The number of morpholine rings is 1. The average molecular weight is 240 g/mol. The van der Waals surface area contributed by atoms with E-state index in [1.54, 1.807) is 6.92 Å². The number of benzene rings is 1. The van der Waals surface area contributed by atoms with Gasteiger partial charge in [0.25, 0.3) is 0 Å². The summed E-state index contributed by atoms with van der Waals surface area (Å²) in [5.41, 5.74) is 1.15. The largest absolute Gasteiger partial charge is 0.367 e. The molecule has 2 atom stereocenters. The van der Waals surface area contributed by atoms with E-state index in [-0.39, 0.29) is 18.1 Å². The molecule has 1 N–H and O–H groups in total. The Hall–Kier alpha value is -1.06. The second kappa shape index (κ2) is 4.85. The Kier molecular flexibility index (Phi) is 3.46. The zero-order valence-electron chi connectivity index (χ0n) is 9.07. The molecule has 0 aliphatic carbocycles. The van der Waals surface area contributed by atoms with Gasteiger partial charge in [0.15, 0.2) is 0 Å². The lowest BCUT2D eigenvalue weighted by atomic mass is 10.1. The lowest BCUT2D eigenvalue weighted by Crippen LogP contribution is -2.50. The van der Waals surface area contributed by atoms with Crippen LogP contribution in [-0.4, -0.2) is 24.7 Å². The summed E-state index contributed by atoms with van der Waals surface area (Å²) in [5.74, 6) is -0.0368. The molecule has 1 heterocycles. The van der Waals surface area contributed by atoms with Gasteiger partial charge in [-0.2, -0.15) is 0 Å². The van der Waals surface area contributed by atoms with Crippen molar-refractivity contribution in [3.8, 4) is 0 Å². The van der Waals surface area contributed by atoms with Crippen LogP contribution in [0.1, 0.15) is 12.5 Å². The van der Waals surface area contributed by atoms with E-state index in [1.165, 1.54) is 0 Å². The number of amides is 1. The summed E-state index contributed by atoms with van der Waals surface area (Å²) >= 11 is 5.80. The van der Waals surface area contributed by atoms with Crippen molar-refractivity contribution < 1.29 is 9.53 Å². The first-order chi connectivity index (χ1) is 7.65. The van der Waals surface area contributed by atoms with E-state index in [2.05, 4.69) is 5.32 Å². The molecule has 1 aliphatic rings. The van der Waals surface area contributed by atoms with Crippen LogP contribution >= 0.6 is 11.6 Å². The molecule has 1 fully saturated rings. The van der Waals surface area contributed by atoms with Crippen LogP contribution in [0, 0.1) is 0 Å². The Labute approximate surface area is 99.7 Å². The third-order valence-electron chi connectivity index (χ3n) is 2.66. The lowest BCUT2D eigenvalue weighted by molar-refractivity contribution is -0.139. The van der Waals surface area contributed by atoms with Crippen LogP contribution < -0.4 is 5.32 Å². The van der Waals surface area contributed by atoms with Gasteiger partial charge >= 0.3 is 0 Å². The van der Waals surface area contributed by atoms with Gasteiger partial charge in [-0.1, -0.05) is 23.7 Å². The first-order valence-corrected chi connectivity index (χ1v) is 5.69. The van der Waals surface area contributed by atoms with Gasteiger partial charge in [-0.25, -0.2) is 0 Å². The van der Waals surface area contributed by atoms with Gasteiger partial charge in [0.2, 0.25) is 5.91 Å². The van der Waals surface area contributed by atoms with Crippen LogP contribution in [0.4, 0.5) is 0 Å². The van der Waals surface area contributed by atoms with Crippen molar-refractivity contribution in [3.63, 3.8) is 0 Å². The Bertz CT molecular complexity index is 377. The minimum Gasteiger partial charge on any atom is -0.367 e. The van der Waals surface area contributed by atoms with E-state index in [1.807, 2.05) is 24.3 Å². The summed E-state index contributed by atoms with van der Waals surface area (Å²) in [6, 6.07) is 7.69. The molecule has 86 valence electrons. The predicted octanol–water partition coefficient (Wildman–Crippen LogP) is 1.79. The molecule has 3 nitrogen and oxygen atoms in total. The highest BCUT2D eigenvalue weighted by Crippen LogP contribution is 2.13. The normalized spacial score (nSPS) is 25.2. The predicted molar refractivity (Wildman–Crippen MR) is 62.5 cm³/mol. The fourth-order valence-corrected chi connectivity index (χ4v) is 1.84. The minimum absolute atomic E-state index is 0.0368. The molecule has 2 rings (SSSR count). The fourth-order valence-electron chi connectivity index (χ4n) is 1.71. The number of hydrogen-bond donors (Lipinski definition) is 1. The third kappa shape index (κ3) is 2.74. The molecule has 1 aromatic rings. The van der Waals surface area contributed by atoms with Crippen molar-refractivity contribution in [2.45, 2.75) is 25.5 Å². The van der Waals surface area contributed by atoms with Gasteiger partial charge in [0.05, 0.1) is 12.6 Å². The summed E-state index contributed by atoms with van der Waals surface area (Å²) in [6.07, 6.45) is 0.441. The maximum Gasteiger partial charge on any atom is 0.249 e. The summed E-state index contributed by atoms with van der Waals surface area (Å²) in [6.45, 7) is 2.32. The molecule has 4 heteroatoms. The van der Waals surface area contributed by atoms with Gasteiger partial charge in [-0.15, -0.1) is 0 Å². The van der Waals surface area contributed by atoms with Crippen molar-refractivity contribution in [1.82, 2.24) is 5.32 Å². The molecule has 16 heavy (non-hydrogen) atoms. The molecule has 1 saturated heterocycles. The zero-order chi connectivity index (χ0) is 11.5. The summed E-state index contributed by atoms with van der Waals surface area (Å²) < 4.78 is 5.36. The highest BCUT2D eigenvalue weighted by Gasteiger charge is 2.24. The highest BCUT2D eigenvalue weighted by molar-refractivity contribution is 6.30. The van der Waals surface area contributed by atoms with E-state index in [4.69, 9.17) is 16.3 Å². The molecule has 0 saturated carbocycles. The Morgan fingerprint density at radius 3 is 2.75 bits per heavy atom. The number of hydrogen-bond acceptors (Lipinski definition) is 2. The molecular weight excluding hydrogens is 226 g/mol. The van der Waals surface area contributed by atoms with Gasteiger partial charge < -0.3 is 10.1 Å². The fraction of sp³-hybridized carbons (Fsp3) is 0.417. The molecule has 0 aromatic heterocycles. The highest BCUT2D eigenvalue weighted by atomic mass is 35.5. The molecular formula is C12H14ClNO2. The van der Waals surface area contributed by atoms with Gasteiger partial charge in [0, 0.05) is 5.02 Å². The zero-order valence-corrected chi connectivity index (χ0v) is 9.83. The Morgan fingerprint density at radius 2 is 2.12 bits per heavy atom. The van der Waals surface area contributed by atoms with E-state index in [0.29, 0.717) is 6.61 Å². The molecule has 0 radical (unpaired) electrons. The van der Waals surface area contributed by atoms with Gasteiger partial charge in [0.1, 0.15) is 6.10 Å². The number of nitrogens with one attached hydrogen (secondary N) is 1. The molecule has 1 aliphatic heterocycles. The molecule has 1 unspecified atom stereocenters. The van der Waals surface area contributed by atoms with Crippen LogP contribution in [0.15, 0.2) is 24.3 Å². The Morgan fingerprint density at radius 1 is 1.44 bits per heavy atom. The van der Waals surface area contributed by atoms with Crippen molar-refractivity contribution in [1.29, 1.82) is 0 Å². The van der Waals surface area contributed by atoms with Crippen molar-refractivity contribution in [2.24, 2.45) is 0 Å². The van der Waals surface area contributed by atoms with E-state index in [9.17, 15) is 4.79 Å². The van der Waals surface area contributed by atoms with Crippen molar-refractivity contribution >= 4 is 17.5 Å². The number of ether oxygens (including phenoxy) is 1. The summed E-state index contributed by atoms with van der Waals surface area (Å²) in [4.78, 5) is 11.4. The summed E-state index contributed by atoms with van der Waals surface area (Å²) in [5, 5.41) is 3.66. The van der Waals surface area contributed by atoms with Gasteiger partial charge in [-0.05, 0) is 31.0 Å². The van der Waals surface area contributed by atoms with E-state index in [0.717, 1.165) is 17.0 Å². The second-order valence-electron chi connectivity index (χ2n) is 4.01. The first-order valence-electron chi connectivity index (χ1n) is 5.31. The van der Waals surface area contributed by atoms with Gasteiger partial charge in [-0.3, -0.25) is 4.79 Å². The molecule has 0 spiro atoms. The molecule has 1 aromatic carbocycles. The third-order valence-corrected chi connectivity index (χ3v) is 2.91. The lowest BCUT2D eigenvalue weighted by Gasteiger charge is -2.27. The number of carbonyl (C=O) groups excluding carboxylic acids is 1. The van der Waals surface area contributed by atoms with E-state index < -0.39 is 0 Å². The first kappa shape index (κ1) is 11.4. The molecule has 1 amide bonds. The quantitative estimate of drug-likeness (QED) is 0.855. The SMILES string of the molecule is C[C@@H]1OCC(Cc2ccc(Cl)cc2)NC1=O. The number of rotatable bonds is 2. The number of carbonyl (C=O) groups is 1. The minimum atomic E-state index is -0.332. The van der Waals surface area contributed by atoms with Crippen LogP contribution in [0.25, 0.3) is 0 Å². The van der Waals surface area contributed by atoms with E-state index >= 15 is 0 Å².